The molecule has 0 amide bonds. The molecule has 0 aromatic carbocycles. The van der Waals surface area contributed by atoms with Crippen LogP contribution in [0.1, 0.15) is 20.3 Å². The van der Waals surface area contributed by atoms with E-state index in [2.05, 4.69) is 61.8 Å². The zero-order valence-electron chi connectivity index (χ0n) is 9.48. The molecular formula is C14H19N. The van der Waals surface area contributed by atoms with Gasteiger partial charge in [-0.05, 0) is 43.0 Å². The molecule has 0 fully saturated rings. The monoisotopic (exact) mass is 201 g/mol. The Kier molecular flexibility index (Phi) is 3.10. The second kappa shape index (κ2) is 4.52. The summed E-state index contributed by atoms with van der Waals surface area (Å²) < 4.78 is 0. The van der Waals surface area contributed by atoms with E-state index in [1.807, 2.05) is 0 Å². The van der Waals surface area contributed by atoms with Crippen molar-refractivity contribution in [3.8, 4) is 0 Å². The van der Waals surface area contributed by atoms with E-state index in [1.165, 1.54) is 12.0 Å². The summed E-state index contributed by atoms with van der Waals surface area (Å²) in [6.07, 6.45) is 16.7. The van der Waals surface area contributed by atoms with Crippen molar-refractivity contribution in [1.29, 1.82) is 0 Å². The Morgan fingerprint density at radius 2 is 2.27 bits per heavy atom. The van der Waals surface area contributed by atoms with Gasteiger partial charge in [0.25, 0.3) is 0 Å². The fraction of sp³-hybridized carbons (Fsp3) is 0.429. The van der Waals surface area contributed by atoms with Crippen LogP contribution in [-0.2, 0) is 0 Å². The minimum Gasteiger partial charge on any atom is -0.385 e. The summed E-state index contributed by atoms with van der Waals surface area (Å²) in [4.78, 5) is 0. The van der Waals surface area contributed by atoms with Gasteiger partial charge in [0.1, 0.15) is 0 Å². The molecule has 1 aliphatic heterocycles. The Morgan fingerprint density at radius 1 is 1.40 bits per heavy atom. The van der Waals surface area contributed by atoms with Gasteiger partial charge in [-0.15, -0.1) is 0 Å². The Labute approximate surface area is 92.3 Å². The average Bonchev–Trinajstić information content (AvgIpc) is 2.29. The summed E-state index contributed by atoms with van der Waals surface area (Å²) >= 11 is 0. The maximum Gasteiger partial charge on any atom is 0.0416 e. The Balaban J connectivity index is 2.07. The zero-order chi connectivity index (χ0) is 10.7. The van der Waals surface area contributed by atoms with Gasteiger partial charge in [0.2, 0.25) is 0 Å². The van der Waals surface area contributed by atoms with E-state index >= 15 is 0 Å². The van der Waals surface area contributed by atoms with Gasteiger partial charge in [-0.3, -0.25) is 0 Å². The smallest absolute Gasteiger partial charge is 0.0416 e. The second-order valence-electron chi connectivity index (χ2n) is 4.46. The number of allylic oxidation sites excluding steroid dienone is 6. The Morgan fingerprint density at radius 3 is 2.93 bits per heavy atom. The zero-order valence-corrected chi connectivity index (χ0v) is 9.48. The minimum atomic E-state index is 0.468. The minimum absolute atomic E-state index is 0.468. The summed E-state index contributed by atoms with van der Waals surface area (Å²) in [7, 11) is 0. The molecule has 1 nitrogen and oxygen atoms in total. The lowest BCUT2D eigenvalue weighted by molar-refractivity contribution is 0.492. The van der Waals surface area contributed by atoms with E-state index in [4.69, 9.17) is 0 Å². The molecule has 0 aromatic rings. The van der Waals surface area contributed by atoms with Crippen molar-refractivity contribution in [2.75, 3.05) is 0 Å². The summed E-state index contributed by atoms with van der Waals surface area (Å²) in [5.74, 6) is 1.28. The number of dihydropyridines is 1. The maximum atomic E-state index is 3.28. The molecule has 1 N–H and O–H groups in total. The molecule has 0 bridgehead atoms. The van der Waals surface area contributed by atoms with E-state index < -0.39 is 0 Å². The Bertz CT molecular complexity index is 333. The van der Waals surface area contributed by atoms with Crippen LogP contribution >= 0.6 is 0 Å². The summed E-state index contributed by atoms with van der Waals surface area (Å²) in [5, 5.41) is 3.28. The van der Waals surface area contributed by atoms with Gasteiger partial charge >= 0.3 is 0 Å². The van der Waals surface area contributed by atoms with E-state index in [0.29, 0.717) is 17.9 Å². The molecule has 0 spiro atoms. The first kappa shape index (κ1) is 10.3. The van der Waals surface area contributed by atoms with Gasteiger partial charge in [-0.2, -0.15) is 0 Å². The van der Waals surface area contributed by atoms with Crippen LogP contribution in [0.2, 0.25) is 0 Å². The van der Waals surface area contributed by atoms with E-state index in [9.17, 15) is 0 Å². The fourth-order valence-corrected chi connectivity index (χ4v) is 2.21. The highest BCUT2D eigenvalue weighted by atomic mass is 14.9. The largest absolute Gasteiger partial charge is 0.385 e. The molecule has 1 aliphatic carbocycles. The van der Waals surface area contributed by atoms with Crippen LogP contribution in [0.3, 0.4) is 0 Å². The second-order valence-corrected chi connectivity index (χ2v) is 4.46. The van der Waals surface area contributed by atoms with Crippen molar-refractivity contribution in [3.63, 3.8) is 0 Å². The normalized spacial score (nSPS) is 30.9. The van der Waals surface area contributed by atoms with Crippen molar-refractivity contribution in [3.05, 3.63) is 48.2 Å². The quantitative estimate of drug-likeness (QED) is 0.723. The highest BCUT2D eigenvalue weighted by Crippen LogP contribution is 2.28. The topological polar surface area (TPSA) is 12.0 Å². The first-order valence-corrected chi connectivity index (χ1v) is 5.75. The molecule has 15 heavy (non-hydrogen) atoms. The summed E-state index contributed by atoms with van der Waals surface area (Å²) in [5.41, 5.74) is 1.46. The molecule has 80 valence electrons. The fourth-order valence-electron chi connectivity index (χ4n) is 2.21. The van der Waals surface area contributed by atoms with Crippen molar-refractivity contribution in [1.82, 2.24) is 5.32 Å². The summed E-state index contributed by atoms with van der Waals surface area (Å²) in [6.45, 7) is 4.51. The molecule has 3 atom stereocenters. The first-order chi connectivity index (χ1) is 7.27. The Hall–Kier alpha value is -1.24. The number of nitrogens with one attached hydrogen (secondary N) is 1. The molecule has 0 saturated heterocycles. The molecule has 3 unspecified atom stereocenters. The lowest BCUT2D eigenvalue weighted by Crippen LogP contribution is -2.23. The predicted octanol–water partition coefficient (Wildman–Crippen LogP) is 3.19. The molecule has 1 heterocycles. The van der Waals surface area contributed by atoms with Gasteiger partial charge < -0.3 is 5.32 Å². The third kappa shape index (κ3) is 2.41. The van der Waals surface area contributed by atoms with Crippen LogP contribution in [0, 0.1) is 11.8 Å². The SMILES string of the molecule is CC1C=C(C(C)C2C=CC=CC2)C=CN1. The van der Waals surface area contributed by atoms with Crippen LogP contribution in [0.4, 0.5) is 0 Å². The van der Waals surface area contributed by atoms with Crippen molar-refractivity contribution in [2.24, 2.45) is 11.8 Å². The van der Waals surface area contributed by atoms with Crippen LogP contribution < -0.4 is 5.32 Å². The summed E-state index contributed by atoms with van der Waals surface area (Å²) in [6, 6.07) is 0.468. The van der Waals surface area contributed by atoms with Gasteiger partial charge in [0.05, 0.1) is 0 Å². The number of rotatable bonds is 2. The molecule has 1 heteroatoms. The molecule has 2 rings (SSSR count). The highest BCUT2D eigenvalue weighted by Gasteiger charge is 2.18. The van der Waals surface area contributed by atoms with E-state index in [-0.39, 0.29) is 0 Å². The lowest BCUT2D eigenvalue weighted by atomic mass is 9.82. The standard InChI is InChI=1S/C14H19N/c1-11-10-14(8-9-15-11)12(2)13-6-4-3-5-7-13/h3-6,8-13,15H,7H2,1-2H3. The average molecular weight is 201 g/mol. The third-order valence-electron chi connectivity index (χ3n) is 3.26. The van der Waals surface area contributed by atoms with Crippen LogP contribution in [0.5, 0.6) is 0 Å². The van der Waals surface area contributed by atoms with Gasteiger partial charge in [0.15, 0.2) is 0 Å². The third-order valence-corrected chi connectivity index (χ3v) is 3.26. The highest BCUT2D eigenvalue weighted by molar-refractivity contribution is 5.29. The van der Waals surface area contributed by atoms with Crippen LogP contribution in [0.15, 0.2) is 48.2 Å². The van der Waals surface area contributed by atoms with Gasteiger partial charge in [0, 0.05) is 6.04 Å². The maximum absolute atomic E-state index is 3.28. The first-order valence-electron chi connectivity index (χ1n) is 5.75. The van der Waals surface area contributed by atoms with Gasteiger partial charge in [-0.25, -0.2) is 0 Å². The molecule has 0 saturated carbocycles. The number of hydrogen-bond donors (Lipinski definition) is 1. The molecular weight excluding hydrogens is 182 g/mol. The van der Waals surface area contributed by atoms with Crippen LogP contribution in [0.25, 0.3) is 0 Å². The van der Waals surface area contributed by atoms with Crippen LogP contribution in [-0.4, -0.2) is 6.04 Å². The molecule has 2 aliphatic rings. The van der Waals surface area contributed by atoms with Crippen molar-refractivity contribution in [2.45, 2.75) is 26.3 Å². The molecule has 0 aromatic heterocycles. The van der Waals surface area contributed by atoms with Gasteiger partial charge in [-0.1, -0.05) is 37.3 Å². The van der Waals surface area contributed by atoms with E-state index in [1.54, 1.807) is 0 Å². The molecule has 0 radical (unpaired) electrons. The number of hydrogen-bond acceptors (Lipinski definition) is 1. The predicted molar refractivity (Wildman–Crippen MR) is 65.4 cm³/mol. The van der Waals surface area contributed by atoms with Crippen molar-refractivity contribution < 1.29 is 0 Å². The van der Waals surface area contributed by atoms with E-state index in [0.717, 1.165) is 0 Å². The van der Waals surface area contributed by atoms with Crippen molar-refractivity contribution >= 4 is 0 Å². The lowest BCUT2D eigenvalue weighted by Gasteiger charge is -2.25.